The predicted molar refractivity (Wildman–Crippen MR) is 16.3 cm³/mol. The van der Waals surface area contributed by atoms with Crippen LogP contribution >= 0.6 is 15.6 Å². The second kappa shape index (κ2) is 8.13. The van der Waals surface area contributed by atoms with Gasteiger partial charge in [-0.2, -0.15) is 0 Å². The Morgan fingerprint density at radius 2 is 1.08 bits per heavy atom. The Bertz CT molecular complexity index is 162. The van der Waals surface area contributed by atoms with Crippen molar-refractivity contribution in [2.45, 2.75) is 0 Å². The zero-order valence-corrected chi connectivity index (χ0v) is 9.86. The van der Waals surface area contributed by atoms with Gasteiger partial charge in [0, 0.05) is 0 Å². The van der Waals surface area contributed by atoms with Gasteiger partial charge in [0.15, 0.2) is 0 Å². The maximum atomic E-state index is 9.32. The van der Waals surface area contributed by atoms with E-state index in [1.165, 1.54) is 0 Å². The van der Waals surface area contributed by atoms with Gasteiger partial charge in [-0.15, -0.1) is 0 Å². The fourth-order valence-electron chi connectivity index (χ4n) is 0.122. The molecular weight excluding hydrogens is 343 g/mol. The molecule has 75 valence electrons. The molecule has 0 aliphatic carbocycles. The monoisotopic (exact) mass is 343 g/mol. The third kappa shape index (κ3) is 22.6. The van der Waals surface area contributed by atoms with Crippen molar-refractivity contribution in [3.63, 3.8) is 0 Å². The average Bonchev–Trinajstić information content (AvgIpc) is 1.14. The summed E-state index contributed by atoms with van der Waals surface area (Å²) in [6, 6.07) is 0. The van der Waals surface area contributed by atoms with Gasteiger partial charge in [0.1, 0.15) is 0 Å². The minimum absolute atomic E-state index is 0. The SMILES string of the molecule is O=P([O-])([O-])OP(=O)([O-])[O-].[Fe+2].[Mn+2].[Ni+2]. The first-order chi connectivity index (χ1) is 3.71. The van der Waals surface area contributed by atoms with Crippen LogP contribution in [0.4, 0.5) is 0 Å². The maximum absolute atomic E-state index is 9.32. The largest absolute Gasteiger partial charge is 2.00 e. The molecule has 0 aliphatic heterocycles. The first-order valence-corrected chi connectivity index (χ1v) is 4.38. The molecular formula is FeMnNiO7P2+2. The van der Waals surface area contributed by atoms with Crippen LogP contribution < -0.4 is 19.6 Å². The van der Waals surface area contributed by atoms with E-state index in [9.17, 15) is 28.7 Å². The molecule has 0 unspecified atom stereocenters. The topological polar surface area (TPSA) is 136 Å². The molecule has 0 aromatic rings. The second-order valence-electron chi connectivity index (χ2n) is 0.976. The third-order valence-corrected chi connectivity index (χ3v) is 1.80. The van der Waals surface area contributed by atoms with Crippen molar-refractivity contribution in [2.24, 2.45) is 0 Å². The van der Waals surface area contributed by atoms with Gasteiger partial charge in [0.25, 0.3) is 0 Å². The van der Waals surface area contributed by atoms with Gasteiger partial charge in [-0.05, 0) is 0 Å². The Labute approximate surface area is 99.0 Å². The van der Waals surface area contributed by atoms with E-state index in [1.54, 1.807) is 0 Å². The Balaban J connectivity index is -0.000000107. The molecule has 0 aliphatic rings. The quantitative estimate of drug-likeness (QED) is 0.377. The summed E-state index contributed by atoms with van der Waals surface area (Å²) in [6.45, 7) is 0. The molecule has 0 N–H and O–H groups in total. The summed E-state index contributed by atoms with van der Waals surface area (Å²) >= 11 is 0. The van der Waals surface area contributed by atoms with Crippen molar-refractivity contribution in [1.82, 2.24) is 0 Å². The van der Waals surface area contributed by atoms with Gasteiger partial charge in [0.2, 0.25) is 0 Å². The number of rotatable bonds is 2. The van der Waals surface area contributed by atoms with E-state index in [0.29, 0.717) is 0 Å². The summed E-state index contributed by atoms with van der Waals surface area (Å²) in [5, 5.41) is 0. The average molecular weight is 343 g/mol. The van der Waals surface area contributed by atoms with E-state index in [-0.39, 0.29) is 50.6 Å². The third-order valence-electron chi connectivity index (χ3n) is 0.200. The van der Waals surface area contributed by atoms with Gasteiger partial charge >= 0.3 is 50.6 Å². The van der Waals surface area contributed by atoms with Crippen LogP contribution in [0.2, 0.25) is 0 Å². The molecule has 0 saturated carbocycles. The van der Waals surface area contributed by atoms with Crippen molar-refractivity contribution >= 4 is 15.6 Å². The van der Waals surface area contributed by atoms with Crippen LogP contribution in [0.25, 0.3) is 0 Å². The van der Waals surface area contributed by atoms with Crippen LogP contribution in [0.3, 0.4) is 0 Å². The fourth-order valence-corrected chi connectivity index (χ4v) is 1.10. The van der Waals surface area contributed by atoms with Crippen LogP contribution in [0.15, 0.2) is 0 Å². The summed E-state index contributed by atoms with van der Waals surface area (Å²) in [4.78, 5) is 37.3. The molecule has 0 bridgehead atoms. The smallest absolute Gasteiger partial charge is 0.790 e. The Morgan fingerprint density at radius 1 is 0.917 bits per heavy atom. The standard InChI is InChI=1S/Fe.Mn.Ni.H4O7P2/c;;;1-8(2,3)7-9(4,5)6/h;;;(H2,1,2,3)(H2,4,5,6)/q3*+2;/p-4. The van der Waals surface area contributed by atoms with Crippen molar-refractivity contribution in [3.8, 4) is 0 Å². The van der Waals surface area contributed by atoms with E-state index >= 15 is 0 Å². The molecule has 0 saturated heterocycles. The number of hydrogen-bond donors (Lipinski definition) is 0. The first kappa shape index (κ1) is 23.5. The van der Waals surface area contributed by atoms with Gasteiger partial charge < -0.3 is 33.0 Å². The van der Waals surface area contributed by atoms with Gasteiger partial charge in [0.05, 0.1) is 15.6 Å². The minimum Gasteiger partial charge on any atom is -0.790 e. The molecule has 0 amide bonds. The van der Waals surface area contributed by atoms with Crippen molar-refractivity contribution in [1.29, 1.82) is 0 Å². The molecule has 7 nitrogen and oxygen atoms in total. The summed E-state index contributed by atoms with van der Waals surface area (Å²) < 4.78 is 21.2. The van der Waals surface area contributed by atoms with E-state index < -0.39 is 15.6 Å². The van der Waals surface area contributed by atoms with E-state index in [2.05, 4.69) is 4.31 Å². The maximum Gasteiger partial charge on any atom is 2.00 e. The van der Waals surface area contributed by atoms with Crippen LogP contribution in [-0.4, -0.2) is 0 Å². The van der Waals surface area contributed by atoms with E-state index in [4.69, 9.17) is 0 Å². The fraction of sp³-hybridized carbons (Fsp3) is 0. The van der Waals surface area contributed by atoms with Gasteiger partial charge in [-0.25, -0.2) is 0 Å². The molecule has 1 radical (unpaired) electrons. The number of phosphoric acid groups is 2. The van der Waals surface area contributed by atoms with E-state index in [1.807, 2.05) is 0 Å². The van der Waals surface area contributed by atoms with Crippen LogP contribution in [-0.2, 0) is 64.1 Å². The zero-order valence-electron chi connectivity index (χ0n) is 4.80. The molecule has 0 aromatic heterocycles. The van der Waals surface area contributed by atoms with Gasteiger partial charge in [-0.3, -0.25) is 0 Å². The van der Waals surface area contributed by atoms with Gasteiger partial charge in [-0.1, -0.05) is 0 Å². The number of hydrogen-bond acceptors (Lipinski definition) is 7. The summed E-state index contributed by atoms with van der Waals surface area (Å²) in [5.41, 5.74) is 0. The van der Waals surface area contributed by atoms with Crippen LogP contribution in [0, 0.1) is 0 Å². The molecule has 0 rings (SSSR count). The van der Waals surface area contributed by atoms with Crippen molar-refractivity contribution < 1.29 is 83.6 Å². The molecule has 0 aromatic carbocycles. The predicted octanol–water partition coefficient (Wildman–Crippen LogP) is -3.35. The Kier molecular flexibility index (Phi) is 15.9. The molecule has 0 heterocycles. The molecule has 12 heavy (non-hydrogen) atoms. The first-order valence-electron chi connectivity index (χ1n) is 1.46. The van der Waals surface area contributed by atoms with Crippen molar-refractivity contribution in [3.05, 3.63) is 0 Å². The van der Waals surface area contributed by atoms with Crippen LogP contribution in [0.5, 0.6) is 0 Å². The molecule has 0 spiro atoms. The normalized spacial score (nSPS) is 10.3. The van der Waals surface area contributed by atoms with E-state index in [0.717, 1.165) is 0 Å². The summed E-state index contributed by atoms with van der Waals surface area (Å²) in [6.07, 6.45) is 0. The molecule has 0 fully saturated rings. The van der Waals surface area contributed by atoms with Crippen molar-refractivity contribution in [2.75, 3.05) is 0 Å². The molecule has 0 atom stereocenters. The Hall–Kier alpha value is 1.79. The zero-order chi connectivity index (χ0) is 7.71. The summed E-state index contributed by atoms with van der Waals surface area (Å²) in [7, 11) is -11.4. The second-order valence-corrected chi connectivity index (χ2v) is 3.42. The van der Waals surface area contributed by atoms with Crippen LogP contribution in [0.1, 0.15) is 0 Å². The minimum atomic E-state index is -5.68. The Morgan fingerprint density at radius 3 is 1.08 bits per heavy atom. The molecule has 12 heteroatoms. The summed E-state index contributed by atoms with van der Waals surface area (Å²) in [5.74, 6) is 0.